The Hall–Kier alpha value is -1.59. The highest BCUT2D eigenvalue weighted by atomic mass is 16.5. The van der Waals surface area contributed by atoms with Crippen LogP contribution in [0, 0.1) is 11.8 Å². The molecule has 0 amide bonds. The number of aromatic nitrogens is 3. The molecule has 2 rings (SSSR count). The van der Waals surface area contributed by atoms with Crippen molar-refractivity contribution in [2.45, 2.75) is 39.2 Å². The average molecular weight is 252 g/mol. The maximum Gasteiger partial charge on any atom is 0.327 e. The van der Waals surface area contributed by atoms with E-state index >= 15 is 0 Å². The number of nitrogen functional groups attached to an aromatic ring is 1. The van der Waals surface area contributed by atoms with Gasteiger partial charge in [-0.3, -0.25) is 4.79 Å². The minimum atomic E-state index is -0.280. The molecule has 0 bridgehead atoms. The van der Waals surface area contributed by atoms with Gasteiger partial charge in [0.1, 0.15) is 12.9 Å². The zero-order valence-corrected chi connectivity index (χ0v) is 10.7. The van der Waals surface area contributed by atoms with Crippen molar-refractivity contribution in [3.05, 3.63) is 6.33 Å². The third kappa shape index (κ3) is 3.72. The lowest BCUT2D eigenvalue weighted by atomic mass is 9.83. The summed E-state index contributed by atoms with van der Waals surface area (Å²) in [6.45, 7) is 2.85. The Morgan fingerprint density at radius 2 is 2.44 bits per heavy atom. The fraction of sp³-hybridized carbons (Fsp3) is 0.750. The van der Waals surface area contributed by atoms with Gasteiger partial charge in [0, 0.05) is 0 Å². The number of carbonyl (C=O) groups is 1. The molecular weight excluding hydrogens is 232 g/mol. The van der Waals surface area contributed by atoms with Crippen LogP contribution in [-0.4, -0.2) is 27.3 Å². The topological polar surface area (TPSA) is 83.0 Å². The van der Waals surface area contributed by atoms with Gasteiger partial charge in [-0.1, -0.05) is 19.8 Å². The first-order valence-electron chi connectivity index (χ1n) is 6.44. The highest BCUT2D eigenvalue weighted by Gasteiger charge is 2.20. The van der Waals surface area contributed by atoms with Gasteiger partial charge in [-0.15, -0.1) is 5.10 Å². The molecule has 1 aromatic rings. The van der Waals surface area contributed by atoms with E-state index in [2.05, 4.69) is 17.0 Å². The first-order chi connectivity index (χ1) is 8.63. The van der Waals surface area contributed by atoms with Gasteiger partial charge in [0.2, 0.25) is 5.95 Å². The molecule has 1 aliphatic rings. The Kier molecular flexibility index (Phi) is 4.17. The highest BCUT2D eigenvalue weighted by molar-refractivity contribution is 5.69. The molecule has 1 aromatic heterocycles. The van der Waals surface area contributed by atoms with Crippen LogP contribution >= 0.6 is 0 Å². The summed E-state index contributed by atoms with van der Waals surface area (Å²) in [7, 11) is 0. The quantitative estimate of drug-likeness (QED) is 0.815. The summed E-state index contributed by atoms with van der Waals surface area (Å²) in [4.78, 5) is 15.3. The van der Waals surface area contributed by atoms with Crippen molar-refractivity contribution >= 4 is 11.9 Å². The summed E-state index contributed by atoms with van der Waals surface area (Å²) in [6.07, 6.45) is 6.28. The van der Waals surface area contributed by atoms with Gasteiger partial charge in [-0.05, 0) is 24.7 Å². The Balaban J connectivity index is 1.71. The largest absolute Gasteiger partial charge is 0.464 e. The predicted octanol–water partition coefficient (Wildman–Crippen LogP) is 1.23. The third-order valence-corrected chi connectivity index (χ3v) is 3.37. The van der Waals surface area contributed by atoms with Crippen LogP contribution in [-0.2, 0) is 16.1 Å². The maximum absolute atomic E-state index is 11.6. The first kappa shape index (κ1) is 12.9. The SMILES string of the molecule is CC1CCCC(COC(=O)Cn2cnc(N)n2)C1. The molecule has 2 unspecified atom stereocenters. The fourth-order valence-corrected chi connectivity index (χ4v) is 2.49. The van der Waals surface area contributed by atoms with Gasteiger partial charge >= 0.3 is 5.97 Å². The van der Waals surface area contributed by atoms with E-state index in [9.17, 15) is 4.79 Å². The Labute approximate surface area is 107 Å². The smallest absolute Gasteiger partial charge is 0.327 e. The van der Waals surface area contributed by atoms with Crippen LogP contribution in [0.1, 0.15) is 32.6 Å². The van der Waals surface area contributed by atoms with E-state index in [0.717, 1.165) is 18.8 Å². The Morgan fingerprint density at radius 3 is 3.11 bits per heavy atom. The molecule has 1 fully saturated rings. The van der Waals surface area contributed by atoms with Crippen LogP contribution in [0.25, 0.3) is 0 Å². The molecule has 0 aromatic carbocycles. The summed E-state index contributed by atoms with van der Waals surface area (Å²) in [5.74, 6) is 1.15. The van der Waals surface area contributed by atoms with Crippen LogP contribution in [0.4, 0.5) is 5.95 Å². The third-order valence-electron chi connectivity index (χ3n) is 3.37. The van der Waals surface area contributed by atoms with Gasteiger partial charge < -0.3 is 10.5 Å². The van der Waals surface area contributed by atoms with Gasteiger partial charge in [-0.2, -0.15) is 0 Å². The minimum Gasteiger partial charge on any atom is -0.464 e. The number of hydrogen-bond acceptors (Lipinski definition) is 5. The van der Waals surface area contributed by atoms with E-state index < -0.39 is 0 Å². The lowest BCUT2D eigenvalue weighted by molar-refractivity contribution is -0.146. The molecule has 1 saturated carbocycles. The van der Waals surface area contributed by atoms with Crippen LogP contribution in [0.15, 0.2) is 6.33 Å². The first-order valence-corrected chi connectivity index (χ1v) is 6.44. The van der Waals surface area contributed by atoms with Crippen molar-refractivity contribution < 1.29 is 9.53 Å². The van der Waals surface area contributed by atoms with E-state index in [0.29, 0.717) is 12.5 Å². The second-order valence-corrected chi connectivity index (χ2v) is 5.12. The van der Waals surface area contributed by atoms with Crippen LogP contribution < -0.4 is 5.73 Å². The molecule has 2 atom stereocenters. The zero-order chi connectivity index (χ0) is 13.0. The van der Waals surface area contributed by atoms with Gasteiger partial charge in [0.15, 0.2) is 0 Å². The molecule has 1 aliphatic carbocycles. The van der Waals surface area contributed by atoms with Crippen molar-refractivity contribution in [3.8, 4) is 0 Å². The number of hydrogen-bond donors (Lipinski definition) is 1. The monoisotopic (exact) mass is 252 g/mol. The molecule has 1 heterocycles. The van der Waals surface area contributed by atoms with Crippen molar-refractivity contribution in [3.63, 3.8) is 0 Å². The van der Waals surface area contributed by atoms with E-state index in [1.54, 1.807) is 0 Å². The normalized spacial score (nSPS) is 23.8. The maximum atomic E-state index is 11.6. The van der Waals surface area contributed by atoms with Crippen LogP contribution in [0.3, 0.4) is 0 Å². The summed E-state index contributed by atoms with van der Waals surface area (Å²) < 4.78 is 6.66. The average Bonchev–Trinajstić information content (AvgIpc) is 2.72. The van der Waals surface area contributed by atoms with Crippen molar-refractivity contribution in [1.29, 1.82) is 0 Å². The summed E-state index contributed by atoms with van der Waals surface area (Å²) in [5, 5.41) is 3.84. The molecule has 100 valence electrons. The Morgan fingerprint density at radius 1 is 1.61 bits per heavy atom. The Bertz CT molecular complexity index is 405. The number of carbonyl (C=O) groups excluding carboxylic acids is 1. The number of nitrogens with zero attached hydrogens (tertiary/aromatic N) is 3. The number of nitrogens with two attached hydrogens (primary N) is 1. The van der Waals surface area contributed by atoms with E-state index in [1.807, 2.05) is 0 Å². The number of esters is 1. The van der Waals surface area contributed by atoms with Crippen molar-refractivity contribution in [2.24, 2.45) is 11.8 Å². The second kappa shape index (κ2) is 5.84. The molecular formula is C12H20N4O2. The van der Waals surface area contributed by atoms with Gasteiger partial charge in [-0.25, -0.2) is 9.67 Å². The lowest BCUT2D eigenvalue weighted by Crippen LogP contribution is -2.22. The molecule has 0 radical (unpaired) electrons. The van der Waals surface area contributed by atoms with E-state index in [4.69, 9.17) is 10.5 Å². The molecule has 0 spiro atoms. The standard InChI is InChI=1S/C12H20N4O2/c1-9-3-2-4-10(5-9)7-18-11(17)6-16-8-14-12(13)15-16/h8-10H,2-7H2,1H3,(H2,13,15). The number of anilines is 1. The molecule has 18 heavy (non-hydrogen) atoms. The molecule has 0 aliphatic heterocycles. The van der Waals surface area contributed by atoms with Gasteiger partial charge in [0.25, 0.3) is 0 Å². The van der Waals surface area contributed by atoms with Crippen LogP contribution in [0.2, 0.25) is 0 Å². The molecule has 6 nitrogen and oxygen atoms in total. The van der Waals surface area contributed by atoms with Crippen molar-refractivity contribution in [2.75, 3.05) is 12.3 Å². The second-order valence-electron chi connectivity index (χ2n) is 5.12. The number of ether oxygens (including phenoxy) is 1. The lowest BCUT2D eigenvalue weighted by Gasteiger charge is -2.26. The molecule has 0 saturated heterocycles. The summed E-state index contributed by atoms with van der Waals surface area (Å²) >= 11 is 0. The summed E-state index contributed by atoms with van der Waals surface area (Å²) in [5.41, 5.74) is 5.37. The minimum absolute atomic E-state index is 0.0759. The fourth-order valence-electron chi connectivity index (χ4n) is 2.49. The van der Waals surface area contributed by atoms with Crippen molar-refractivity contribution in [1.82, 2.24) is 14.8 Å². The molecule has 2 N–H and O–H groups in total. The van der Waals surface area contributed by atoms with Crippen LogP contribution in [0.5, 0.6) is 0 Å². The summed E-state index contributed by atoms with van der Waals surface area (Å²) in [6, 6.07) is 0. The zero-order valence-electron chi connectivity index (χ0n) is 10.7. The predicted molar refractivity (Wildman–Crippen MR) is 66.5 cm³/mol. The van der Waals surface area contributed by atoms with E-state index in [-0.39, 0.29) is 18.5 Å². The highest BCUT2D eigenvalue weighted by Crippen LogP contribution is 2.28. The van der Waals surface area contributed by atoms with E-state index in [1.165, 1.54) is 23.9 Å². The number of rotatable bonds is 4. The van der Waals surface area contributed by atoms with Gasteiger partial charge in [0.05, 0.1) is 6.61 Å². The molecule has 6 heteroatoms.